The molecule has 9 heteroatoms. The molecule has 0 spiro atoms. The molecule has 2 aliphatic heterocycles. The normalized spacial score (nSPS) is 15.5. The van der Waals surface area contributed by atoms with Gasteiger partial charge in [-0.25, -0.2) is 4.79 Å². The number of furan rings is 1. The van der Waals surface area contributed by atoms with E-state index < -0.39 is 5.97 Å². The van der Waals surface area contributed by atoms with Crippen LogP contribution in [0.4, 0.5) is 0 Å². The molecule has 174 valence electrons. The molecule has 3 aromatic carbocycles. The Morgan fingerprint density at radius 1 is 1.00 bits per heavy atom. The van der Waals surface area contributed by atoms with Gasteiger partial charge in [0.2, 0.25) is 11.5 Å². The quantitative estimate of drug-likeness (QED) is 0.148. The summed E-state index contributed by atoms with van der Waals surface area (Å²) in [5.41, 5.74) is 2.51. The third-order valence-corrected chi connectivity index (χ3v) is 6.47. The van der Waals surface area contributed by atoms with Gasteiger partial charge in [-0.05, 0) is 54.6 Å². The van der Waals surface area contributed by atoms with Gasteiger partial charge in [0.1, 0.15) is 22.8 Å². The summed E-state index contributed by atoms with van der Waals surface area (Å²) < 4.78 is 29.6. The highest BCUT2D eigenvalue weighted by Gasteiger charge is 2.29. The molecule has 0 saturated heterocycles. The molecule has 0 amide bonds. The van der Waals surface area contributed by atoms with Crippen molar-refractivity contribution < 1.29 is 33.0 Å². The van der Waals surface area contributed by atoms with Gasteiger partial charge in [-0.3, -0.25) is 4.79 Å². The number of fused-ring (bicyclic) bond motifs is 3. The second kappa shape index (κ2) is 8.67. The van der Waals surface area contributed by atoms with E-state index in [1.54, 1.807) is 30.3 Å². The Morgan fingerprint density at radius 3 is 2.77 bits per heavy atom. The van der Waals surface area contributed by atoms with Gasteiger partial charge in [0.05, 0.1) is 12.2 Å². The average molecular weight is 598 g/mol. The van der Waals surface area contributed by atoms with E-state index in [4.69, 9.17) is 23.4 Å². The number of carbonyl (C=O) groups is 2. The molecule has 1 aromatic heterocycles. The molecule has 4 aromatic rings. The fourth-order valence-corrected chi connectivity index (χ4v) is 4.86. The number of halogens is 2. The van der Waals surface area contributed by atoms with Crippen molar-refractivity contribution in [1.29, 1.82) is 0 Å². The highest BCUT2D eigenvalue weighted by atomic mass is 79.9. The van der Waals surface area contributed by atoms with Gasteiger partial charge in [-0.1, -0.05) is 31.9 Å². The van der Waals surface area contributed by atoms with Gasteiger partial charge in [0.15, 0.2) is 12.6 Å². The van der Waals surface area contributed by atoms with E-state index in [2.05, 4.69) is 31.9 Å². The number of ketones is 1. The molecular weight excluding hydrogens is 584 g/mol. The molecule has 0 unspecified atom stereocenters. The van der Waals surface area contributed by atoms with Crippen molar-refractivity contribution in [3.63, 3.8) is 0 Å². The van der Waals surface area contributed by atoms with E-state index in [9.17, 15) is 9.59 Å². The Balaban J connectivity index is 1.25. The van der Waals surface area contributed by atoms with Crippen LogP contribution in [0.25, 0.3) is 17.0 Å². The lowest BCUT2D eigenvalue weighted by Gasteiger charge is -2.20. The number of hydrogen-bond donors (Lipinski definition) is 0. The van der Waals surface area contributed by atoms with Crippen LogP contribution < -0.4 is 14.2 Å². The van der Waals surface area contributed by atoms with Gasteiger partial charge < -0.3 is 23.4 Å². The second-order valence-corrected chi connectivity index (χ2v) is 9.71. The van der Waals surface area contributed by atoms with Crippen molar-refractivity contribution in [3.05, 3.63) is 91.8 Å². The number of allylic oxidation sites excluding steroid dienone is 1. The second-order valence-electron chi connectivity index (χ2n) is 7.87. The van der Waals surface area contributed by atoms with Crippen LogP contribution in [0.1, 0.15) is 32.0 Å². The molecule has 6 rings (SSSR count). The van der Waals surface area contributed by atoms with Gasteiger partial charge >= 0.3 is 5.97 Å². The number of ether oxygens (including phenoxy) is 4. The summed E-state index contributed by atoms with van der Waals surface area (Å²) in [5.74, 6) is 0.449. The topological polar surface area (TPSA) is 84.2 Å². The zero-order chi connectivity index (χ0) is 24.1. The van der Waals surface area contributed by atoms with Crippen molar-refractivity contribution in [2.24, 2.45) is 0 Å². The first-order valence-corrected chi connectivity index (χ1v) is 12.1. The molecule has 0 bridgehead atoms. The van der Waals surface area contributed by atoms with E-state index in [0.29, 0.717) is 34.8 Å². The van der Waals surface area contributed by atoms with Crippen LogP contribution in [-0.2, 0) is 11.3 Å². The Labute approximate surface area is 215 Å². The van der Waals surface area contributed by atoms with E-state index >= 15 is 0 Å². The first-order chi connectivity index (χ1) is 16.9. The minimum atomic E-state index is -0.655. The molecule has 35 heavy (non-hydrogen) atoms. The molecule has 0 N–H and O–H groups in total. The van der Waals surface area contributed by atoms with Crippen molar-refractivity contribution in [2.75, 3.05) is 6.79 Å². The third-order valence-electron chi connectivity index (χ3n) is 5.52. The summed E-state index contributed by atoms with van der Waals surface area (Å²) in [5, 5.41) is 0.772. The van der Waals surface area contributed by atoms with Crippen LogP contribution in [0.3, 0.4) is 0 Å². The predicted octanol–water partition coefficient (Wildman–Crippen LogP) is 6.66. The molecule has 0 radical (unpaired) electrons. The molecule has 0 aliphatic carbocycles. The van der Waals surface area contributed by atoms with Crippen molar-refractivity contribution in [3.8, 4) is 17.2 Å². The molecule has 7 nitrogen and oxygen atoms in total. The Hall–Kier alpha value is -3.40. The van der Waals surface area contributed by atoms with E-state index in [0.717, 1.165) is 19.9 Å². The third kappa shape index (κ3) is 4.16. The number of hydrogen-bond acceptors (Lipinski definition) is 7. The Kier molecular flexibility index (Phi) is 5.47. The van der Waals surface area contributed by atoms with Crippen molar-refractivity contribution in [1.82, 2.24) is 0 Å². The summed E-state index contributed by atoms with van der Waals surface area (Å²) in [7, 11) is 0. The van der Waals surface area contributed by atoms with E-state index in [1.807, 2.05) is 24.3 Å². The van der Waals surface area contributed by atoms with Gasteiger partial charge in [-0.15, -0.1) is 0 Å². The summed E-state index contributed by atoms with van der Waals surface area (Å²) in [4.78, 5) is 25.6. The molecule has 0 saturated carbocycles. The summed E-state index contributed by atoms with van der Waals surface area (Å²) in [6.45, 7) is 0.550. The minimum Gasteiger partial charge on any atom is -0.467 e. The van der Waals surface area contributed by atoms with Crippen molar-refractivity contribution in [2.45, 2.75) is 6.61 Å². The van der Waals surface area contributed by atoms with Gasteiger partial charge in [0.25, 0.3) is 0 Å². The smallest absolute Gasteiger partial charge is 0.379 e. The fourth-order valence-electron chi connectivity index (χ4n) is 3.96. The molecular formula is C26H14Br2O7. The van der Waals surface area contributed by atoms with Crippen LogP contribution in [0, 0.1) is 0 Å². The monoisotopic (exact) mass is 596 g/mol. The fraction of sp³-hybridized carbons (Fsp3) is 0.0769. The zero-order valence-electron chi connectivity index (χ0n) is 17.8. The molecule has 0 fully saturated rings. The zero-order valence-corrected chi connectivity index (χ0v) is 21.0. The maximum Gasteiger partial charge on any atom is 0.379 e. The minimum absolute atomic E-state index is 0.0691. The SMILES string of the molecule is O=C(Oc1ccc2c(c1)O/C(=C\c1cc(Br)cc3c1OCOC3)C2=O)c1cc2cc(Br)ccc2o1. The maximum absolute atomic E-state index is 12.9. The van der Waals surface area contributed by atoms with Crippen LogP contribution >= 0.6 is 31.9 Å². The average Bonchev–Trinajstić information content (AvgIpc) is 3.39. The lowest BCUT2D eigenvalue weighted by atomic mass is 10.1. The van der Waals surface area contributed by atoms with E-state index in [1.165, 1.54) is 6.07 Å². The highest BCUT2D eigenvalue weighted by Crippen LogP contribution is 2.38. The number of esters is 1. The van der Waals surface area contributed by atoms with Crippen LogP contribution in [-0.4, -0.2) is 18.5 Å². The van der Waals surface area contributed by atoms with Gasteiger partial charge in [0, 0.05) is 31.5 Å². The standard InChI is InChI=1S/C26H14Br2O7/c27-16-1-4-20-13(5-16)8-23(34-20)26(30)33-18-2-3-19-21(10-18)35-22(24(19)29)9-14-6-17(28)7-15-11-31-12-32-25(14)15/h1-10H,11-12H2/b22-9-. The Bertz CT molecular complexity index is 1570. The first kappa shape index (κ1) is 22.1. The number of benzene rings is 3. The lowest BCUT2D eigenvalue weighted by molar-refractivity contribution is -0.0165. The summed E-state index contributed by atoms with van der Waals surface area (Å²) in [6, 6.07) is 15.4. The summed E-state index contributed by atoms with van der Waals surface area (Å²) in [6.07, 6.45) is 1.63. The molecule has 2 aliphatic rings. The lowest BCUT2D eigenvalue weighted by Crippen LogP contribution is -2.12. The number of rotatable bonds is 3. The highest BCUT2D eigenvalue weighted by molar-refractivity contribution is 9.10. The van der Waals surface area contributed by atoms with Crippen LogP contribution in [0.15, 0.2) is 73.7 Å². The van der Waals surface area contributed by atoms with Crippen LogP contribution in [0.2, 0.25) is 0 Å². The predicted molar refractivity (Wildman–Crippen MR) is 133 cm³/mol. The summed E-state index contributed by atoms with van der Waals surface area (Å²) >= 11 is 6.87. The van der Waals surface area contributed by atoms with Crippen molar-refractivity contribution >= 4 is 60.7 Å². The molecule has 3 heterocycles. The van der Waals surface area contributed by atoms with E-state index in [-0.39, 0.29) is 29.8 Å². The molecule has 0 atom stereocenters. The Morgan fingerprint density at radius 2 is 1.89 bits per heavy atom. The largest absolute Gasteiger partial charge is 0.467 e. The number of Topliss-reactive ketones (excluding diaryl/α,β-unsaturated/α-hetero) is 1. The first-order valence-electron chi connectivity index (χ1n) is 10.5. The van der Waals surface area contributed by atoms with Gasteiger partial charge in [-0.2, -0.15) is 0 Å². The maximum atomic E-state index is 12.9. The number of carbonyl (C=O) groups excluding carboxylic acids is 2. The van der Waals surface area contributed by atoms with Crippen LogP contribution in [0.5, 0.6) is 17.2 Å².